The molecule has 1 aliphatic carbocycles. The predicted octanol–water partition coefficient (Wildman–Crippen LogP) is 5.06. The van der Waals surface area contributed by atoms with E-state index < -0.39 is 5.97 Å². The number of H-pyrrole nitrogens is 1. The Labute approximate surface area is 170 Å². The molecule has 0 spiro atoms. The van der Waals surface area contributed by atoms with Crippen LogP contribution in [0.2, 0.25) is 0 Å². The zero-order chi connectivity index (χ0) is 20.4. The number of benzene rings is 1. The highest BCUT2D eigenvalue weighted by Gasteiger charge is 2.35. The molecule has 4 rings (SSSR count). The summed E-state index contributed by atoms with van der Waals surface area (Å²) in [4.78, 5) is 24.2. The number of nitrogens with zero attached hydrogens (tertiary/aromatic N) is 2. The summed E-state index contributed by atoms with van der Waals surface area (Å²) in [6, 6.07) is 14.0. The average Bonchev–Trinajstić information content (AvgIpc) is 3.04. The molecular weight excluding hydrogens is 364 g/mol. The third-order valence-electron chi connectivity index (χ3n) is 4.96. The van der Waals surface area contributed by atoms with Crippen molar-refractivity contribution in [2.45, 2.75) is 33.6 Å². The van der Waals surface area contributed by atoms with Crippen molar-refractivity contribution in [3.63, 3.8) is 0 Å². The van der Waals surface area contributed by atoms with E-state index in [-0.39, 0.29) is 5.41 Å². The number of fused-ring (bicyclic) bond motifs is 1. The van der Waals surface area contributed by atoms with Crippen LogP contribution in [0.3, 0.4) is 0 Å². The number of carbonyl (C=O) groups is 1. The van der Waals surface area contributed by atoms with Crippen LogP contribution in [0.25, 0.3) is 11.3 Å². The van der Waals surface area contributed by atoms with Crippen molar-refractivity contribution in [1.29, 1.82) is 0 Å². The minimum absolute atomic E-state index is 0.00361. The molecule has 29 heavy (non-hydrogen) atoms. The first-order chi connectivity index (χ1) is 13.9. The van der Waals surface area contributed by atoms with Crippen molar-refractivity contribution in [2.24, 2.45) is 10.6 Å². The lowest BCUT2D eigenvalue weighted by molar-refractivity contribution is -0.140. The maximum Gasteiger partial charge on any atom is 0.331 e. The molecule has 1 aromatic carbocycles. The molecule has 0 saturated carbocycles. The number of nitrogens with one attached hydrogen (secondary N) is 2. The molecule has 0 fully saturated rings. The Morgan fingerprint density at radius 3 is 2.55 bits per heavy atom. The number of para-hydroxylation sites is 1. The number of anilines is 2. The summed E-state index contributed by atoms with van der Waals surface area (Å²) in [7, 11) is 0. The Morgan fingerprint density at radius 1 is 1.14 bits per heavy atom. The zero-order valence-electron chi connectivity index (χ0n) is 16.8. The summed E-state index contributed by atoms with van der Waals surface area (Å²) in [5.41, 5.74) is 6.71. The summed E-state index contributed by atoms with van der Waals surface area (Å²) in [6.07, 6.45) is 5.14. The molecule has 6 nitrogen and oxygen atoms in total. The molecule has 0 atom stereocenters. The van der Waals surface area contributed by atoms with Gasteiger partial charge in [-0.05, 0) is 42.5 Å². The molecule has 0 bridgehead atoms. The highest BCUT2D eigenvalue weighted by molar-refractivity contribution is 6.10. The van der Waals surface area contributed by atoms with Crippen molar-refractivity contribution >= 4 is 23.1 Å². The molecule has 148 valence electrons. The van der Waals surface area contributed by atoms with E-state index in [0.717, 1.165) is 46.0 Å². The molecule has 0 radical (unpaired) electrons. The molecule has 2 heterocycles. The van der Waals surface area contributed by atoms with Gasteiger partial charge in [0.05, 0.1) is 17.1 Å². The summed E-state index contributed by atoms with van der Waals surface area (Å²) in [6.45, 7) is 5.74. The molecule has 0 amide bonds. The van der Waals surface area contributed by atoms with Crippen LogP contribution in [0.4, 0.5) is 11.4 Å². The number of aromatic amines is 1. The van der Waals surface area contributed by atoms with Gasteiger partial charge in [0.25, 0.3) is 0 Å². The van der Waals surface area contributed by atoms with Gasteiger partial charge in [0.2, 0.25) is 0 Å². The molecule has 1 aliphatic rings. The molecule has 0 unspecified atom stereocenters. The standard InChI is InChI=1S/C23H24N4O2/c1-15(28)29-27-19-14-23(2,3)13-18-20(19)22(25-17-7-5-4-6-8-17)21(26-18)16-9-11-24-12-10-16/h4-12,25-26H,13-14H2,1-3H3/b27-19+. The molecule has 2 N–H and O–H groups in total. The van der Waals surface area contributed by atoms with Crippen molar-refractivity contribution in [1.82, 2.24) is 9.97 Å². The lowest BCUT2D eigenvalue weighted by Gasteiger charge is -2.30. The average molecular weight is 388 g/mol. The fourth-order valence-corrected chi connectivity index (χ4v) is 3.81. The van der Waals surface area contributed by atoms with Gasteiger partial charge in [-0.2, -0.15) is 0 Å². The highest BCUT2D eigenvalue weighted by atomic mass is 16.7. The van der Waals surface area contributed by atoms with E-state index in [1.54, 1.807) is 12.4 Å². The van der Waals surface area contributed by atoms with Gasteiger partial charge in [0, 0.05) is 41.8 Å². The van der Waals surface area contributed by atoms with E-state index in [0.29, 0.717) is 6.42 Å². The minimum Gasteiger partial charge on any atom is -0.356 e. The Balaban J connectivity index is 1.90. The zero-order valence-corrected chi connectivity index (χ0v) is 16.8. The van der Waals surface area contributed by atoms with Crippen LogP contribution in [-0.4, -0.2) is 21.6 Å². The van der Waals surface area contributed by atoms with Gasteiger partial charge in [0.1, 0.15) is 0 Å². The van der Waals surface area contributed by atoms with Gasteiger partial charge in [0.15, 0.2) is 0 Å². The fraction of sp³-hybridized carbons (Fsp3) is 0.261. The maximum absolute atomic E-state index is 11.4. The van der Waals surface area contributed by atoms with Crippen molar-refractivity contribution in [3.8, 4) is 11.3 Å². The van der Waals surface area contributed by atoms with E-state index in [9.17, 15) is 4.79 Å². The van der Waals surface area contributed by atoms with E-state index >= 15 is 0 Å². The topological polar surface area (TPSA) is 79.4 Å². The predicted molar refractivity (Wildman–Crippen MR) is 114 cm³/mol. The number of hydrogen-bond acceptors (Lipinski definition) is 5. The number of pyridine rings is 1. The summed E-state index contributed by atoms with van der Waals surface area (Å²) >= 11 is 0. The number of rotatable bonds is 4. The smallest absolute Gasteiger partial charge is 0.331 e. The second-order valence-electron chi connectivity index (χ2n) is 8.09. The number of oxime groups is 1. The van der Waals surface area contributed by atoms with Crippen LogP contribution < -0.4 is 5.32 Å². The largest absolute Gasteiger partial charge is 0.356 e. The third-order valence-corrected chi connectivity index (χ3v) is 4.96. The number of carbonyl (C=O) groups excluding carboxylic acids is 1. The highest BCUT2D eigenvalue weighted by Crippen LogP contribution is 2.43. The Bertz CT molecular complexity index is 1050. The molecule has 0 saturated heterocycles. The van der Waals surface area contributed by atoms with E-state index in [4.69, 9.17) is 4.84 Å². The van der Waals surface area contributed by atoms with Crippen molar-refractivity contribution < 1.29 is 9.63 Å². The normalized spacial score (nSPS) is 16.3. The van der Waals surface area contributed by atoms with Crippen LogP contribution >= 0.6 is 0 Å². The summed E-state index contributed by atoms with van der Waals surface area (Å²) in [5.74, 6) is -0.426. The van der Waals surface area contributed by atoms with Crippen LogP contribution in [0.5, 0.6) is 0 Å². The minimum atomic E-state index is -0.426. The Kier molecular flexibility index (Phi) is 4.92. The first kappa shape index (κ1) is 18.9. The molecular formula is C23H24N4O2. The molecule has 2 aromatic heterocycles. The van der Waals surface area contributed by atoms with Crippen molar-refractivity contribution in [2.75, 3.05) is 5.32 Å². The monoisotopic (exact) mass is 388 g/mol. The first-order valence-electron chi connectivity index (χ1n) is 9.65. The van der Waals surface area contributed by atoms with Gasteiger partial charge >= 0.3 is 5.97 Å². The Hall–Kier alpha value is -3.41. The number of aromatic nitrogens is 2. The fourth-order valence-electron chi connectivity index (χ4n) is 3.81. The SMILES string of the molecule is CC(=O)O/N=C1\CC(C)(C)Cc2[nH]c(-c3ccncc3)c(Nc3ccccc3)c21. The second kappa shape index (κ2) is 7.54. The van der Waals surface area contributed by atoms with Crippen LogP contribution in [0.1, 0.15) is 38.4 Å². The maximum atomic E-state index is 11.4. The molecule has 0 aliphatic heterocycles. The summed E-state index contributed by atoms with van der Waals surface area (Å²) < 4.78 is 0. The summed E-state index contributed by atoms with van der Waals surface area (Å²) in [5, 5.41) is 7.77. The first-order valence-corrected chi connectivity index (χ1v) is 9.65. The molecule has 6 heteroatoms. The van der Waals surface area contributed by atoms with Crippen molar-refractivity contribution in [3.05, 3.63) is 66.1 Å². The van der Waals surface area contributed by atoms with Gasteiger partial charge in [-0.25, -0.2) is 4.79 Å². The van der Waals surface area contributed by atoms with Gasteiger partial charge in [-0.3, -0.25) is 4.98 Å². The van der Waals surface area contributed by atoms with Gasteiger partial charge in [-0.1, -0.05) is 37.2 Å². The lowest BCUT2D eigenvalue weighted by atomic mass is 9.75. The van der Waals surface area contributed by atoms with E-state index in [1.165, 1.54) is 6.92 Å². The van der Waals surface area contributed by atoms with Crippen LogP contribution in [0.15, 0.2) is 60.0 Å². The van der Waals surface area contributed by atoms with E-state index in [2.05, 4.69) is 34.3 Å². The van der Waals surface area contributed by atoms with Gasteiger partial charge in [-0.15, -0.1) is 0 Å². The van der Waals surface area contributed by atoms with Crippen LogP contribution in [-0.2, 0) is 16.1 Å². The third kappa shape index (κ3) is 4.06. The molecule has 3 aromatic rings. The quantitative estimate of drug-likeness (QED) is 0.484. The lowest BCUT2D eigenvalue weighted by Crippen LogP contribution is -2.27. The van der Waals surface area contributed by atoms with Gasteiger partial charge < -0.3 is 15.1 Å². The Morgan fingerprint density at radius 2 is 1.86 bits per heavy atom. The second-order valence-corrected chi connectivity index (χ2v) is 8.09. The van der Waals surface area contributed by atoms with Crippen LogP contribution in [0, 0.1) is 5.41 Å². The number of hydrogen-bond donors (Lipinski definition) is 2. The van der Waals surface area contributed by atoms with E-state index in [1.807, 2.05) is 42.5 Å².